The number of nitrogens with one attached hydrogen (secondary N) is 2. The Hall–Kier alpha value is -1.71. The molecule has 2 rings (SSSR count). The first-order valence-electron chi connectivity index (χ1n) is 11.2. The number of aliphatic hydroxyl groups is 4. The van der Waals surface area contributed by atoms with Crippen LogP contribution in [0.15, 0.2) is 18.2 Å². The van der Waals surface area contributed by atoms with E-state index in [0.29, 0.717) is 6.54 Å². The number of benzene rings is 1. The standard InChI is InChI=1S/C23H40N4O4/c1-23(2,3)16-10-15(22(24)25)11-17(12-16)26-8-6-4-5-7-9-27-13-19(29)21(31)20(30)18(27)14-28/h10-12,18-21,26,28-31H,4-9,13-14H2,1-3H3,(H3,24,25)/t18-,19+,20-,21-/m1/s1. The van der Waals surface area contributed by atoms with Gasteiger partial charge in [0.05, 0.1) is 18.8 Å². The number of β-amino-alcohol motifs (C(OH)–C–C–N with tert-alkyl or cyclic N) is 1. The topological polar surface area (TPSA) is 146 Å². The van der Waals surface area contributed by atoms with Crippen molar-refractivity contribution in [2.24, 2.45) is 5.73 Å². The fourth-order valence-corrected chi connectivity index (χ4v) is 3.98. The number of rotatable bonds is 10. The minimum atomic E-state index is -1.21. The van der Waals surface area contributed by atoms with Crippen molar-refractivity contribution in [2.45, 2.75) is 76.2 Å². The number of unbranched alkanes of at least 4 members (excludes halogenated alkanes) is 3. The predicted octanol–water partition coefficient (Wildman–Crippen LogP) is 1.000. The molecule has 4 atom stereocenters. The molecular formula is C23H40N4O4. The van der Waals surface area contributed by atoms with Gasteiger partial charge in [-0.25, -0.2) is 0 Å². The molecule has 0 aliphatic carbocycles. The minimum Gasteiger partial charge on any atom is -0.395 e. The van der Waals surface area contributed by atoms with Crippen LogP contribution in [0.4, 0.5) is 5.69 Å². The zero-order valence-corrected chi connectivity index (χ0v) is 19.0. The van der Waals surface area contributed by atoms with Crippen molar-refractivity contribution in [3.05, 3.63) is 29.3 Å². The average molecular weight is 437 g/mol. The van der Waals surface area contributed by atoms with Crippen molar-refractivity contribution in [3.63, 3.8) is 0 Å². The molecule has 1 aliphatic rings. The van der Waals surface area contributed by atoms with Crippen molar-refractivity contribution in [1.29, 1.82) is 5.41 Å². The van der Waals surface area contributed by atoms with Gasteiger partial charge in [-0.15, -0.1) is 0 Å². The highest BCUT2D eigenvalue weighted by Crippen LogP contribution is 2.26. The quantitative estimate of drug-likeness (QED) is 0.164. The number of nitrogen functional groups attached to an aromatic ring is 1. The molecule has 1 aromatic rings. The fraction of sp³-hybridized carbons (Fsp3) is 0.696. The van der Waals surface area contributed by atoms with Gasteiger partial charge in [-0.2, -0.15) is 0 Å². The van der Waals surface area contributed by atoms with Crippen molar-refractivity contribution < 1.29 is 20.4 Å². The van der Waals surface area contributed by atoms with Crippen LogP contribution in [-0.4, -0.2) is 81.8 Å². The molecule has 0 bridgehead atoms. The second-order valence-electron chi connectivity index (χ2n) is 9.60. The van der Waals surface area contributed by atoms with Gasteiger partial charge >= 0.3 is 0 Å². The third kappa shape index (κ3) is 7.15. The molecule has 8 nitrogen and oxygen atoms in total. The van der Waals surface area contributed by atoms with Crippen molar-refractivity contribution >= 4 is 11.5 Å². The third-order valence-electron chi connectivity index (χ3n) is 6.03. The molecule has 1 fully saturated rings. The molecule has 0 aromatic heterocycles. The van der Waals surface area contributed by atoms with Gasteiger partial charge in [-0.1, -0.05) is 33.6 Å². The molecule has 1 saturated heterocycles. The average Bonchev–Trinajstić information content (AvgIpc) is 2.70. The van der Waals surface area contributed by atoms with E-state index in [0.717, 1.165) is 49.0 Å². The fourth-order valence-electron chi connectivity index (χ4n) is 3.98. The van der Waals surface area contributed by atoms with Crippen LogP contribution in [-0.2, 0) is 5.41 Å². The van der Waals surface area contributed by atoms with Gasteiger partial charge in [0, 0.05) is 24.3 Å². The Morgan fingerprint density at radius 2 is 1.77 bits per heavy atom. The van der Waals surface area contributed by atoms with Crippen LogP contribution in [0, 0.1) is 5.41 Å². The Labute approximate surface area is 185 Å². The van der Waals surface area contributed by atoms with E-state index in [9.17, 15) is 20.4 Å². The third-order valence-corrected chi connectivity index (χ3v) is 6.03. The number of hydrogen-bond acceptors (Lipinski definition) is 7. The predicted molar refractivity (Wildman–Crippen MR) is 124 cm³/mol. The van der Waals surface area contributed by atoms with Crippen LogP contribution in [0.3, 0.4) is 0 Å². The maximum atomic E-state index is 10.0. The van der Waals surface area contributed by atoms with Gasteiger partial charge < -0.3 is 31.5 Å². The molecule has 0 unspecified atom stereocenters. The maximum Gasteiger partial charge on any atom is 0.122 e. The molecule has 1 heterocycles. The van der Waals surface area contributed by atoms with E-state index in [1.807, 2.05) is 17.0 Å². The Morgan fingerprint density at radius 3 is 2.39 bits per heavy atom. The molecule has 0 saturated carbocycles. The summed E-state index contributed by atoms with van der Waals surface area (Å²) < 4.78 is 0. The first-order chi connectivity index (χ1) is 14.5. The summed E-state index contributed by atoms with van der Waals surface area (Å²) in [6, 6.07) is 5.46. The number of likely N-dealkylation sites (tertiary alicyclic amines) is 1. The summed E-state index contributed by atoms with van der Waals surface area (Å²) in [4.78, 5) is 1.86. The van der Waals surface area contributed by atoms with Gasteiger partial charge in [0.2, 0.25) is 0 Å². The number of amidine groups is 1. The molecule has 8 heteroatoms. The van der Waals surface area contributed by atoms with Gasteiger partial charge in [-0.05, 0) is 48.6 Å². The van der Waals surface area contributed by atoms with E-state index < -0.39 is 24.4 Å². The monoisotopic (exact) mass is 436 g/mol. The highest BCUT2D eigenvalue weighted by molar-refractivity contribution is 5.96. The summed E-state index contributed by atoms with van der Waals surface area (Å²) in [5.41, 5.74) is 8.51. The van der Waals surface area contributed by atoms with Gasteiger partial charge in [0.25, 0.3) is 0 Å². The lowest BCUT2D eigenvalue weighted by Gasteiger charge is -2.43. The molecule has 31 heavy (non-hydrogen) atoms. The number of hydrogen-bond donors (Lipinski definition) is 7. The van der Waals surface area contributed by atoms with Crippen LogP contribution >= 0.6 is 0 Å². The molecule has 0 radical (unpaired) electrons. The molecule has 8 N–H and O–H groups in total. The van der Waals surface area contributed by atoms with Crippen LogP contribution in [0.25, 0.3) is 0 Å². The van der Waals surface area contributed by atoms with Crippen LogP contribution in [0.1, 0.15) is 57.6 Å². The largest absolute Gasteiger partial charge is 0.395 e. The number of nitrogens with two attached hydrogens (primary N) is 1. The first-order valence-corrected chi connectivity index (χ1v) is 11.2. The zero-order valence-electron chi connectivity index (χ0n) is 19.0. The number of nitrogens with zero attached hydrogens (tertiary/aromatic N) is 1. The molecule has 1 aromatic carbocycles. The van der Waals surface area contributed by atoms with Gasteiger partial charge in [-0.3, -0.25) is 10.3 Å². The second kappa shape index (κ2) is 11.2. The van der Waals surface area contributed by atoms with E-state index in [1.54, 1.807) is 0 Å². The van der Waals surface area contributed by atoms with Crippen molar-refractivity contribution in [1.82, 2.24) is 4.90 Å². The highest BCUT2D eigenvalue weighted by Gasteiger charge is 2.40. The summed E-state index contributed by atoms with van der Waals surface area (Å²) in [6.45, 7) is 7.90. The SMILES string of the molecule is CC(C)(C)c1cc(NCCCCCCN2C[C@H](O)[C@@H](O)[C@H](O)[C@H]2CO)cc(C(=N)N)c1. The van der Waals surface area contributed by atoms with E-state index >= 15 is 0 Å². The van der Waals surface area contributed by atoms with Gasteiger partial charge in [0.1, 0.15) is 18.0 Å². The second-order valence-corrected chi connectivity index (χ2v) is 9.60. The first kappa shape index (κ1) is 25.5. The van der Waals surface area contributed by atoms with Crippen LogP contribution in [0.2, 0.25) is 0 Å². The van der Waals surface area contributed by atoms with Crippen molar-refractivity contribution in [3.8, 4) is 0 Å². The minimum absolute atomic E-state index is 0.0278. The lowest BCUT2D eigenvalue weighted by atomic mass is 9.85. The zero-order chi connectivity index (χ0) is 23.2. The highest BCUT2D eigenvalue weighted by atomic mass is 16.4. The number of piperidine rings is 1. The normalized spacial score (nSPS) is 24.9. The Bertz CT molecular complexity index is 722. The smallest absolute Gasteiger partial charge is 0.122 e. The molecule has 176 valence electrons. The summed E-state index contributed by atoms with van der Waals surface area (Å²) in [7, 11) is 0. The lowest BCUT2D eigenvalue weighted by molar-refractivity contribution is -0.145. The number of aliphatic hydroxyl groups excluding tert-OH is 4. The molecular weight excluding hydrogens is 396 g/mol. The summed E-state index contributed by atoms with van der Waals surface area (Å²) in [6.07, 6.45) is 0.554. The van der Waals surface area contributed by atoms with E-state index in [-0.39, 0.29) is 24.4 Å². The van der Waals surface area contributed by atoms with Gasteiger partial charge in [0.15, 0.2) is 0 Å². The summed E-state index contributed by atoms with van der Waals surface area (Å²) in [5, 5.41) is 50.4. The Morgan fingerprint density at radius 1 is 1.10 bits per heavy atom. The van der Waals surface area contributed by atoms with Crippen LogP contribution in [0.5, 0.6) is 0 Å². The molecule has 0 amide bonds. The molecule has 1 aliphatic heterocycles. The van der Waals surface area contributed by atoms with Crippen LogP contribution < -0.4 is 11.1 Å². The summed E-state index contributed by atoms with van der Waals surface area (Å²) in [5.74, 6) is 0.0656. The number of anilines is 1. The Balaban J connectivity index is 1.75. The van der Waals surface area contributed by atoms with E-state index in [1.165, 1.54) is 0 Å². The van der Waals surface area contributed by atoms with E-state index in [2.05, 4.69) is 32.2 Å². The van der Waals surface area contributed by atoms with Crippen molar-refractivity contribution in [2.75, 3.05) is 31.6 Å². The summed E-state index contributed by atoms with van der Waals surface area (Å²) >= 11 is 0. The molecule has 0 spiro atoms. The lowest BCUT2D eigenvalue weighted by Crippen LogP contribution is -2.62. The Kier molecular flexibility index (Phi) is 9.27. The van der Waals surface area contributed by atoms with E-state index in [4.69, 9.17) is 11.1 Å². The maximum absolute atomic E-state index is 10.0.